The second-order valence-electron chi connectivity index (χ2n) is 10.2. The van der Waals surface area contributed by atoms with Crippen LogP contribution in [0.2, 0.25) is 0 Å². The molecule has 0 aromatic heterocycles. The van der Waals surface area contributed by atoms with Gasteiger partial charge >= 0.3 is 48.2 Å². The normalized spacial score (nSPS) is 21.7. The van der Waals surface area contributed by atoms with E-state index >= 15 is 0 Å². The lowest BCUT2D eigenvalue weighted by molar-refractivity contribution is -0.123. The van der Waals surface area contributed by atoms with Crippen LogP contribution in [-0.2, 0) is 19.2 Å². The summed E-state index contributed by atoms with van der Waals surface area (Å²) in [7, 11) is 0. The van der Waals surface area contributed by atoms with Gasteiger partial charge < -0.3 is 63.0 Å². The van der Waals surface area contributed by atoms with Crippen LogP contribution in [0.3, 0.4) is 0 Å². The molecule has 4 aliphatic heterocycles. The molecule has 16 N–H and O–H groups in total. The Morgan fingerprint density at radius 1 is 0.407 bits per heavy atom. The fourth-order valence-electron chi connectivity index (χ4n) is 4.29. The van der Waals surface area contributed by atoms with Crippen molar-refractivity contribution in [3.8, 4) is 0 Å². The molecular weight excluding hydrogens is 744 g/mol. The van der Waals surface area contributed by atoms with E-state index in [1.165, 1.54) is 0 Å². The molecule has 4 rings (SSSR count). The standard InChI is InChI=1S/2C11H16N8O8/c2*20-2-18-4(6(22)16-10(18)26)14-8(24)12-1-13-9(25)15-5-7(23)17-11(27)19(5)3-21/h2*4-5,20-21H,1-3H2,(H2,12,14,24)(H2,13,15,25)(H,16,22,26)(H,17,23,27). The summed E-state index contributed by atoms with van der Waals surface area (Å²) in [6, 6.07) is -7.34. The summed E-state index contributed by atoms with van der Waals surface area (Å²) in [5, 5.41) is 60.5. The molecule has 4 heterocycles. The van der Waals surface area contributed by atoms with Crippen LogP contribution in [-0.4, -0.2) is 177 Å². The second kappa shape index (κ2) is 18.3. The Labute approximate surface area is 298 Å². The Morgan fingerprint density at radius 2 is 0.593 bits per heavy atom. The maximum atomic E-state index is 11.7. The van der Waals surface area contributed by atoms with Crippen molar-refractivity contribution in [2.24, 2.45) is 0 Å². The van der Waals surface area contributed by atoms with E-state index in [2.05, 4.69) is 42.5 Å². The number of nitrogens with one attached hydrogen (secondary N) is 12. The fraction of sp³-hybridized carbons (Fsp3) is 0.455. The van der Waals surface area contributed by atoms with E-state index in [0.29, 0.717) is 19.6 Å². The summed E-state index contributed by atoms with van der Waals surface area (Å²) in [5.41, 5.74) is 0. The number of carbonyl (C=O) groups excluding carboxylic acids is 12. The molecule has 0 aromatic rings. The smallest absolute Gasteiger partial charge is 0.328 e. The van der Waals surface area contributed by atoms with Crippen molar-refractivity contribution >= 4 is 71.9 Å². The number of carbonyl (C=O) groups is 12. The number of amides is 20. The Hall–Kier alpha value is -7.32. The molecule has 4 saturated heterocycles. The first-order valence-corrected chi connectivity index (χ1v) is 14.6. The lowest BCUT2D eigenvalue weighted by Gasteiger charge is -2.21. The Morgan fingerprint density at radius 3 is 0.759 bits per heavy atom. The first kappa shape index (κ1) is 41.1. The van der Waals surface area contributed by atoms with Gasteiger partial charge in [0.1, 0.15) is 26.9 Å². The first-order chi connectivity index (χ1) is 25.6. The first-order valence-electron chi connectivity index (χ1n) is 14.6. The van der Waals surface area contributed by atoms with E-state index < -0.39 is 137 Å². The lowest BCUT2D eigenvalue weighted by Crippen LogP contribution is -2.56. The highest BCUT2D eigenvalue weighted by molar-refractivity contribution is 6.07. The Kier molecular flexibility index (Phi) is 13.9. The fourth-order valence-corrected chi connectivity index (χ4v) is 4.29. The molecule has 4 fully saturated rings. The second-order valence-corrected chi connectivity index (χ2v) is 10.2. The molecule has 0 bridgehead atoms. The molecule has 0 radical (unpaired) electrons. The van der Waals surface area contributed by atoms with Crippen LogP contribution in [0.1, 0.15) is 0 Å². The van der Waals surface area contributed by atoms with Gasteiger partial charge in [-0.15, -0.1) is 0 Å². The minimum Gasteiger partial charge on any atom is -0.376 e. The number of hydrogen-bond donors (Lipinski definition) is 16. The highest BCUT2D eigenvalue weighted by Crippen LogP contribution is 2.07. The molecule has 20 amide bonds. The van der Waals surface area contributed by atoms with E-state index in [4.69, 9.17) is 20.4 Å². The van der Waals surface area contributed by atoms with E-state index in [1.54, 1.807) is 0 Å². The number of nitrogens with zero attached hydrogens (tertiary/aromatic N) is 4. The van der Waals surface area contributed by atoms with Crippen LogP contribution in [0.5, 0.6) is 0 Å². The van der Waals surface area contributed by atoms with Crippen molar-refractivity contribution in [3.05, 3.63) is 0 Å². The largest absolute Gasteiger partial charge is 0.376 e. The van der Waals surface area contributed by atoms with Gasteiger partial charge in [-0.2, -0.15) is 0 Å². The van der Waals surface area contributed by atoms with Gasteiger partial charge in [0.2, 0.25) is 0 Å². The zero-order valence-corrected chi connectivity index (χ0v) is 27.0. The van der Waals surface area contributed by atoms with Crippen molar-refractivity contribution in [2.45, 2.75) is 24.7 Å². The molecule has 32 nitrogen and oxygen atoms in total. The monoisotopic (exact) mass is 776 g/mol. The summed E-state index contributed by atoms with van der Waals surface area (Å²) >= 11 is 0. The molecule has 0 aliphatic carbocycles. The van der Waals surface area contributed by atoms with Crippen LogP contribution in [0.4, 0.5) is 38.4 Å². The summed E-state index contributed by atoms with van der Waals surface area (Å²) in [5.74, 6) is -3.40. The molecule has 4 atom stereocenters. The van der Waals surface area contributed by atoms with Gasteiger partial charge in [-0.3, -0.25) is 60.0 Å². The highest BCUT2D eigenvalue weighted by atomic mass is 16.3. The van der Waals surface area contributed by atoms with Gasteiger partial charge in [0.25, 0.3) is 23.6 Å². The number of rotatable bonds is 12. The lowest BCUT2D eigenvalue weighted by atomic mass is 10.4. The quantitative estimate of drug-likeness (QED) is 0.0646. The van der Waals surface area contributed by atoms with E-state index in [-0.39, 0.29) is 0 Å². The predicted octanol–water partition coefficient (Wildman–Crippen LogP) is -9.60. The molecule has 0 saturated carbocycles. The van der Waals surface area contributed by atoms with E-state index in [0.717, 1.165) is 0 Å². The summed E-state index contributed by atoms with van der Waals surface area (Å²) in [4.78, 5) is 140. The topological polar surface area (TPSA) is 443 Å². The summed E-state index contributed by atoms with van der Waals surface area (Å²) < 4.78 is 0. The van der Waals surface area contributed by atoms with E-state index in [9.17, 15) is 57.5 Å². The average Bonchev–Trinajstić information content (AvgIpc) is 3.74. The van der Waals surface area contributed by atoms with Crippen molar-refractivity contribution in [1.29, 1.82) is 0 Å². The number of urea groups is 8. The van der Waals surface area contributed by atoms with Gasteiger partial charge in [0, 0.05) is 0 Å². The van der Waals surface area contributed by atoms with E-state index in [1.807, 2.05) is 21.3 Å². The third-order valence-electron chi connectivity index (χ3n) is 6.88. The highest BCUT2D eigenvalue weighted by Gasteiger charge is 2.42. The van der Waals surface area contributed by atoms with Crippen molar-refractivity contribution in [2.75, 3.05) is 40.3 Å². The van der Waals surface area contributed by atoms with Gasteiger partial charge in [0.15, 0.2) is 24.7 Å². The third-order valence-corrected chi connectivity index (χ3v) is 6.88. The van der Waals surface area contributed by atoms with Gasteiger partial charge in [-0.05, 0) is 0 Å². The number of hydrogen-bond acceptors (Lipinski definition) is 16. The molecule has 4 aliphatic rings. The molecule has 32 heteroatoms. The zero-order valence-electron chi connectivity index (χ0n) is 27.0. The van der Waals surface area contributed by atoms with Crippen LogP contribution >= 0.6 is 0 Å². The summed E-state index contributed by atoms with van der Waals surface area (Å²) in [6.07, 6.45) is -5.71. The molecule has 0 aromatic carbocycles. The third kappa shape index (κ3) is 9.92. The Balaban J connectivity index is 0.000000290. The summed E-state index contributed by atoms with van der Waals surface area (Å²) in [6.45, 7) is -4.17. The molecule has 0 spiro atoms. The molecule has 296 valence electrons. The number of imide groups is 4. The zero-order chi connectivity index (χ0) is 40.3. The van der Waals surface area contributed by atoms with Crippen LogP contribution in [0.15, 0.2) is 0 Å². The van der Waals surface area contributed by atoms with Crippen LogP contribution in [0.25, 0.3) is 0 Å². The van der Waals surface area contributed by atoms with Gasteiger partial charge in [0.05, 0.1) is 13.3 Å². The maximum Gasteiger partial charge on any atom is 0.328 e. The predicted molar refractivity (Wildman–Crippen MR) is 161 cm³/mol. The average molecular weight is 777 g/mol. The Bertz CT molecular complexity index is 1370. The van der Waals surface area contributed by atoms with Crippen molar-refractivity contribution in [1.82, 2.24) is 83.4 Å². The van der Waals surface area contributed by atoms with Crippen LogP contribution in [0, 0.1) is 0 Å². The van der Waals surface area contributed by atoms with Crippen molar-refractivity contribution < 1.29 is 78.0 Å². The molecular formula is C22H32N16O16. The number of aliphatic hydroxyl groups is 4. The van der Waals surface area contributed by atoms with Crippen LogP contribution < -0.4 is 63.8 Å². The van der Waals surface area contributed by atoms with Crippen molar-refractivity contribution in [3.63, 3.8) is 0 Å². The van der Waals surface area contributed by atoms with Gasteiger partial charge in [-0.1, -0.05) is 0 Å². The minimum absolute atomic E-state index is 0.458. The minimum atomic E-state index is -1.43. The molecule has 54 heavy (non-hydrogen) atoms. The maximum absolute atomic E-state index is 11.7. The molecule has 4 unspecified atom stereocenters. The van der Waals surface area contributed by atoms with Gasteiger partial charge in [-0.25, -0.2) is 38.4 Å². The number of aliphatic hydroxyl groups excluding tert-OH is 4. The SMILES string of the molecule is O=C(NCNC(=O)NC1C(=O)NC(=O)N1CO)NC1C(=O)NC(=O)N1CO.O=C(NCNC(=O)NC1C(=O)NC(=O)N1CO)NC1C(=O)NC(=O)N1CO.